The number of carboxylic acids is 2. The molecular formula is C15H12ClN3O6. The van der Waals surface area contributed by atoms with Crippen molar-refractivity contribution in [3.05, 3.63) is 51.4 Å². The van der Waals surface area contributed by atoms with Crippen molar-refractivity contribution >= 4 is 29.4 Å². The Morgan fingerprint density at radius 1 is 1.20 bits per heavy atom. The van der Waals surface area contributed by atoms with Crippen LogP contribution in [-0.2, 0) is 9.59 Å². The maximum Gasteiger partial charge on any atom is 0.326 e. The van der Waals surface area contributed by atoms with Gasteiger partial charge in [-0.05, 0) is 24.3 Å². The number of aromatic amines is 1. The molecule has 0 saturated carbocycles. The summed E-state index contributed by atoms with van der Waals surface area (Å²) in [5.41, 5.74) is -0.672. The Kier molecular flexibility index (Phi) is 5.50. The summed E-state index contributed by atoms with van der Waals surface area (Å²) in [6.07, 6.45) is 0.160. The molecule has 1 atom stereocenters. The van der Waals surface area contributed by atoms with E-state index in [4.69, 9.17) is 21.8 Å². The van der Waals surface area contributed by atoms with Crippen molar-refractivity contribution in [2.24, 2.45) is 0 Å². The number of aromatic nitrogens is 2. The Hall–Kier alpha value is -3.20. The normalized spacial score (nSPS) is 11.6. The number of H-pyrrole nitrogens is 1. The van der Waals surface area contributed by atoms with E-state index in [1.165, 1.54) is 0 Å². The first-order valence-electron chi connectivity index (χ1n) is 6.88. The molecule has 4 N–H and O–H groups in total. The van der Waals surface area contributed by atoms with Crippen LogP contribution < -0.4 is 10.9 Å². The van der Waals surface area contributed by atoms with Gasteiger partial charge in [0.05, 0.1) is 6.42 Å². The van der Waals surface area contributed by atoms with Crippen molar-refractivity contribution in [1.82, 2.24) is 15.3 Å². The fourth-order valence-electron chi connectivity index (χ4n) is 1.92. The summed E-state index contributed by atoms with van der Waals surface area (Å²) in [4.78, 5) is 52.0. The zero-order valence-electron chi connectivity index (χ0n) is 12.5. The van der Waals surface area contributed by atoms with Gasteiger partial charge in [0.1, 0.15) is 17.4 Å². The maximum atomic E-state index is 12.0. The van der Waals surface area contributed by atoms with E-state index in [-0.39, 0.29) is 5.82 Å². The van der Waals surface area contributed by atoms with Crippen LogP contribution in [0.15, 0.2) is 35.3 Å². The van der Waals surface area contributed by atoms with Gasteiger partial charge in [0.15, 0.2) is 0 Å². The van der Waals surface area contributed by atoms with Crippen molar-refractivity contribution in [3.8, 4) is 11.4 Å². The van der Waals surface area contributed by atoms with Crippen LogP contribution in [0.3, 0.4) is 0 Å². The van der Waals surface area contributed by atoms with Crippen molar-refractivity contribution in [2.45, 2.75) is 12.5 Å². The number of carbonyl (C=O) groups excluding carboxylic acids is 1. The molecule has 0 saturated heterocycles. The maximum absolute atomic E-state index is 12.0. The smallest absolute Gasteiger partial charge is 0.326 e. The van der Waals surface area contributed by atoms with Crippen molar-refractivity contribution in [1.29, 1.82) is 0 Å². The monoisotopic (exact) mass is 365 g/mol. The van der Waals surface area contributed by atoms with Crippen LogP contribution in [0.4, 0.5) is 0 Å². The summed E-state index contributed by atoms with van der Waals surface area (Å²) in [5.74, 6) is -3.78. The lowest BCUT2D eigenvalue weighted by molar-refractivity contribution is -0.145. The van der Waals surface area contributed by atoms with Crippen LogP contribution in [-0.4, -0.2) is 44.1 Å². The third-order valence-electron chi connectivity index (χ3n) is 3.14. The van der Waals surface area contributed by atoms with Crippen LogP contribution in [0.2, 0.25) is 5.02 Å². The number of nitrogens with one attached hydrogen (secondary N) is 2. The number of hydrogen-bond acceptors (Lipinski definition) is 5. The lowest BCUT2D eigenvalue weighted by Gasteiger charge is -2.12. The fraction of sp³-hybridized carbons (Fsp3) is 0.133. The second-order valence-corrected chi connectivity index (χ2v) is 5.38. The van der Waals surface area contributed by atoms with Gasteiger partial charge in [0.2, 0.25) is 0 Å². The molecule has 9 nitrogen and oxygen atoms in total. The molecule has 25 heavy (non-hydrogen) atoms. The molecule has 0 bridgehead atoms. The summed E-state index contributed by atoms with van der Waals surface area (Å²) in [7, 11) is 0. The van der Waals surface area contributed by atoms with Gasteiger partial charge in [-0.25, -0.2) is 9.78 Å². The third kappa shape index (κ3) is 4.64. The second-order valence-electron chi connectivity index (χ2n) is 4.94. The molecule has 1 heterocycles. The van der Waals surface area contributed by atoms with Gasteiger partial charge in [-0.3, -0.25) is 14.4 Å². The Bertz CT molecular complexity index is 878. The first kappa shape index (κ1) is 18.1. The van der Waals surface area contributed by atoms with E-state index in [2.05, 4.69) is 9.97 Å². The van der Waals surface area contributed by atoms with E-state index in [9.17, 15) is 19.2 Å². The van der Waals surface area contributed by atoms with Crippen molar-refractivity contribution in [2.75, 3.05) is 0 Å². The molecule has 0 fully saturated rings. The Balaban J connectivity index is 2.23. The summed E-state index contributed by atoms with van der Waals surface area (Å²) in [5, 5.41) is 20.0. The van der Waals surface area contributed by atoms with E-state index < -0.39 is 41.4 Å². The van der Waals surface area contributed by atoms with E-state index in [0.29, 0.717) is 10.6 Å². The highest BCUT2D eigenvalue weighted by molar-refractivity contribution is 6.30. The molecule has 0 radical (unpaired) electrons. The summed E-state index contributed by atoms with van der Waals surface area (Å²) in [6.45, 7) is 0. The molecule has 1 aromatic carbocycles. The number of aliphatic carboxylic acids is 2. The lowest BCUT2D eigenvalue weighted by atomic mass is 10.2. The largest absolute Gasteiger partial charge is 0.481 e. The third-order valence-corrected chi connectivity index (χ3v) is 3.40. The molecule has 2 rings (SSSR count). The molecule has 2 aromatic rings. The van der Waals surface area contributed by atoms with Gasteiger partial charge in [0.25, 0.3) is 11.5 Å². The van der Waals surface area contributed by atoms with Gasteiger partial charge >= 0.3 is 11.9 Å². The number of carboxylic acid groups (broad SMARTS) is 2. The van der Waals surface area contributed by atoms with Crippen LogP contribution in [0, 0.1) is 0 Å². The van der Waals surface area contributed by atoms with Crippen LogP contribution in [0.25, 0.3) is 11.4 Å². The van der Waals surface area contributed by atoms with Crippen LogP contribution in [0.5, 0.6) is 0 Å². The van der Waals surface area contributed by atoms with E-state index in [1.54, 1.807) is 24.3 Å². The fourth-order valence-corrected chi connectivity index (χ4v) is 2.05. The minimum absolute atomic E-state index is 0.193. The molecule has 0 spiro atoms. The highest BCUT2D eigenvalue weighted by Crippen LogP contribution is 2.16. The zero-order chi connectivity index (χ0) is 18.6. The number of nitrogens with zero attached hydrogens (tertiary/aromatic N) is 1. The molecule has 0 aliphatic carbocycles. The number of halogens is 1. The van der Waals surface area contributed by atoms with Crippen molar-refractivity contribution in [3.63, 3.8) is 0 Å². The standard InChI is InChI=1S/C15H12ClN3O6/c16-8-3-1-7(2-4-8)12-17-6-9(14(23)19-12)13(22)18-10(15(24)25)5-11(20)21/h1-4,6,10H,5H2,(H,18,22)(H,20,21)(H,24,25)(H,17,19,23). The Labute approximate surface area is 145 Å². The summed E-state index contributed by atoms with van der Waals surface area (Å²) >= 11 is 5.77. The average molecular weight is 366 g/mol. The SMILES string of the molecule is O=C(O)CC(NC(=O)c1cnc(-c2ccc(Cl)cc2)[nH]c1=O)C(=O)O. The molecule has 0 aliphatic rings. The minimum atomic E-state index is -1.67. The number of carbonyl (C=O) groups is 3. The molecule has 10 heteroatoms. The topological polar surface area (TPSA) is 149 Å². The van der Waals surface area contributed by atoms with E-state index in [1.807, 2.05) is 5.32 Å². The van der Waals surface area contributed by atoms with E-state index >= 15 is 0 Å². The lowest BCUT2D eigenvalue weighted by Crippen LogP contribution is -2.43. The van der Waals surface area contributed by atoms with E-state index in [0.717, 1.165) is 6.20 Å². The van der Waals surface area contributed by atoms with Gasteiger partial charge in [0, 0.05) is 16.8 Å². The average Bonchev–Trinajstić information content (AvgIpc) is 2.54. The van der Waals surface area contributed by atoms with Crippen LogP contribution >= 0.6 is 11.6 Å². The predicted molar refractivity (Wildman–Crippen MR) is 86.4 cm³/mol. The van der Waals surface area contributed by atoms with Gasteiger partial charge < -0.3 is 20.5 Å². The van der Waals surface area contributed by atoms with Gasteiger partial charge in [-0.2, -0.15) is 0 Å². The highest BCUT2D eigenvalue weighted by atomic mass is 35.5. The molecule has 1 amide bonds. The number of amides is 1. The molecular weight excluding hydrogens is 354 g/mol. The number of rotatable bonds is 6. The number of benzene rings is 1. The number of hydrogen-bond donors (Lipinski definition) is 4. The first-order chi connectivity index (χ1) is 11.8. The minimum Gasteiger partial charge on any atom is -0.481 e. The van der Waals surface area contributed by atoms with Gasteiger partial charge in [-0.1, -0.05) is 11.6 Å². The van der Waals surface area contributed by atoms with Crippen LogP contribution in [0.1, 0.15) is 16.8 Å². The van der Waals surface area contributed by atoms with Crippen molar-refractivity contribution < 1.29 is 24.6 Å². The predicted octanol–water partition coefficient (Wildman–Crippen LogP) is 0.748. The second kappa shape index (κ2) is 7.58. The molecule has 0 aliphatic heterocycles. The molecule has 1 aromatic heterocycles. The summed E-state index contributed by atoms with van der Waals surface area (Å²) in [6, 6.07) is 4.77. The van der Waals surface area contributed by atoms with Gasteiger partial charge in [-0.15, -0.1) is 0 Å². The molecule has 1 unspecified atom stereocenters. The highest BCUT2D eigenvalue weighted by Gasteiger charge is 2.25. The summed E-state index contributed by atoms with van der Waals surface area (Å²) < 4.78 is 0. The quantitative estimate of drug-likeness (QED) is 0.589. The Morgan fingerprint density at radius 3 is 2.36 bits per heavy atom. The first-order valence-corrected chi connectivity index (χ1v) is 7.26. The molecule has 130 valence electrons. The Morgan fingerprint density at radius 2 is 1.84 bits per heavy atom. The zero-order valence-corrected chi connectivity index (χ0v) is 13.3.